The van der Waals surface area contributed by atoms with Crippen LogP contribution in [-0.4, -0.2) is 5.91 Å². The number of amides is 1. The first kappa shape index (κ1) is 13.4. The molecule has 3 nitrogen and oxygen atoms in total. The standard InChI is InChI=1S/C16H19NO2/c1-16(2,3)11-13-9-10-14(19-13)15(18)17-12-7-5-4-6-8-12/h4-10H,11H2,1-3H3,(H,17,18). The van der Waals surface area contributed by atoms with Crippen LogP contribution < -0.4 is 5.32 Å². The van der Waals surface area contributed by atoms with Crippen molar-refractivity contribution in [3.63, 3.8) is 0 Å². The highest BCUT2D eigenvalue weighted by atomic mass is 16.3. The van der Waals surface area contributed by atoms with Gasteiger partial charge in [0.05, 0.1) is 0 Å². The Labute approximate surface area is 113 Å². The molecule has 2 aromatic rings. The fourth-order valence-electron chi connectivity index (χ4n) is 1.83. The largest absolute Gasteiger partial charge is 0.456 e. The number of benzene rings is 1. The molecule has 0 bridgehead atoms. The van der Waals surface area contributed by atoms with Crippen LogP contribution in [0.15, 0.2) is 46.9 Å². The van der Waals surface area contributed by atoms with Gasteiger partial charge in [-0.3, -0.25) is 4.79 Å². The van der Waals surface area contributed by atoms with Crippen LogP contribution in [0.4, 0.5) is 5.69 Å². The number of carbonyl (C=O) groups excluding carboxylic acids is 1. The lowest BCUT2D eigenvalue weighted by Gasteiger charge is -2.15. The maximum Gasteiger partial charge on any atom is 0.291 e. The van der Waals surface area contributed by atoms with Crippen LogP contribution >= 0.6 is 0 Å². The third-order valence-electron chi connectivity index (χ3n) is 2.62. The van der Waals surface area contributed by atoms with E-state index in [4.69, 9.17) is 4.42 Å². The van der Waals surface area contributed by atoms with Crippen molar-refractivity contribution < 1.29 is 9.21 Å². The number of para-hydroxylation sites is 1. The van der Waals surface area contributed by atoms with Gasteiger partial charge in [0.1, 0.15) is 5.76 Å². The molecule has 1 aromatic heterocycles. The lowest BCUT2D eigenvalue weighted by atomic mass is 9.91. The number of carbonyl (C=O) groups is 1. The van der Waals surface area contributed by atoms with Gasteiger partial charge in [-0.2, -0.15) is 0 Å². The molecule has 3 heteroatoms. The summed E-state index contributed by atoms with van der Waals surface area (Å²) in [7, 11) is 0. The van der Waals surface area contributed by atoms with Crippen molar-refractivity contribution in [2.75, 3.05) is 5.32 Å². The zero-order valence-electron chi connectivity index (χ0n) is 11.6. The van der Waals surface area contributed by atoms with Crippen molar-refractivity contribution in [2.45, 2.75) is 27.2 Å². The van der Waals surface area contributed by atoms with Crippen LogP contribution in [-0.2, 0) is 6.42 Å². The molecule has 0 fully saturated rings. The van der Waals surface area contributed by atoms with E-state index in [0.717, 1.165) is 17.9 Å². The molecule has 2 rings (SSSR count). The average Bonchev–Trinajstić information content (AvgIpc) is 2.76. The number of nitrogens with one attached hydrogen (secondary N) is 1. The van der Waals surface area contributed by atoms with Crippen molar-refractivity contribution >= 4 is 11.6 Å². The summed E-state index contributed by atoms with van der Waals surface area (Å²) in [6.07, 6.45) is 0.811. The van der Waals surface area contributed by atoms with Gasteiger partial charge >= 0.3 is 0 Å². The molecule has 0 aliphatic carbocycles. The van der Waals surface area contributed by atoms with E-state index in [1.165, 1.54) is 0 Å². The molecule has 1 N–H and O–H groups in total. The second kappa shape index (κ2) is 5.31. The first-order valence-corrected chi connectivity index (χ1v) is 6.39. The Morgan fingerprint density at radius 2 is 1.79 bits per heavy atom. The van der Waals surface area contributed by atoms with E-state index in [1.807, 2.05) is 36.4 Å². The number of hydrogen-bond acceptors (Lipinski definition) is 2. The van der Waals surface area contributed by atoms with E-state index in [-0.39, 0.29) is 11.3 Å². The summed E-state index contributed by atoms with van der Waals surface area (Å²) in [5.41, 5.74) is 0.909. The van der Waals surface area contributed by atoms with Gasteiger partial charge in [-0.1, -0.05) is 39.0 Å². The Hall–Kier alpha value is -2.03. The van der Waals surface area contributed by atoms with Crippen molar-refractivity contribution in [3.05, 3.63) is 54.0 Å². The molecule has 0 atom stereocenters. The zero-order valence-corrected chi connectivity index (χ0v) is 11.6. The Bertz CT molecular complexity index is 550. The third-order valence-corrected chi connectivity index (χ3v) is 2.62. The molecule has 19 heavy (non-hydrogen) atoms. The van der Waals surface area contributed by atoms with Gasteiger partial charge in [-0.05, 0) is 29.7 Å². The molecule has 0 spiro atoms. The van der Waals surface area contributed by atoms with Gasteiger partial charge in [-0.15, -0.1) is 0 Å². The molecular weight excluding hydrogens is 238 g/mol. The summed E-state index contributed by atoms with van der Waals surface area (Å²) in [6.45, 7) is 6.41. The zero-order chi connectivity index (χ0) is 13.9. The molecule has 1 amide bonds. The lowest BCUT2D eigenvalue weighted by Crippen LogP contribution is -2.11. The summed E-state index contributed by atoms with van der Waals surface area (Å²) in [6, 6.07) is 12.9. The van der Waals surface area contributed by atoms with Crippen molar-refractivity contribution in [1.29, 1.82) is 0 Å². The summed E-state index contributed by atoms with van der Waals surface area (Å²) in [4.78, 5) is 12.0. The van der Waals surface area contributed by atoms with Crippen LogP contribution in [0.1, 0.15) is 37.1 Å². The SMILES string of the molecule is CC(C)(C)Cc1ccc(C(=O)Nc2ccccc2)o1. The molecule has 0 saturated heterocycles. The first-order chi connectivity index (χ1) is 8.94. The molecule has 1 aromatic carbocycles. The average molecular weight is 257 g/mol. The van der Waals surface area contributed by atoms with Crippen LogP contribution in [0.5, 0.6) is 0 Å². The maximum absolute atomic E-state index is 12.0. The van der Waals surface area contributed by atoms with E-state index in [1.54, 1.807) is 6.07 Å². The van der Waals surface area contributed by atoms with E-state index < -0.39 is 0 Å². The van der Waals surface area contributed by atoms with Gasteiger partial charge < -0.3 is 9.73 Å². The van der Waals surface area contributed by atoms with Gasteiger partial charge in [0.2, 0.25) is 0 Å². The van der Waals surface area contributed by atoms with Crippen LogP contribution in [0, 0.1) is 5.41 Å². The molecule has 100 valence electrons. The fraction of sp³-hybridized carbons (Fsp3) is 0.312. The topological polar surface area (TPSA) is 42.2 Å². The van der Waals surface area contributed by atoms with E-state index >= 15 is 0 Å². The predicted molar refractivity (Wildman–Crippen MR) is 76.3 cm³/mol. The quantitative estimate of drug-likeness (QED) is 0.898. The highest BCUT2D eigenvalue weighted by Gasteiger charge is 2.16. The number of furan rings is 1. The Balaban J connectivity index is 2.04. The second-order valence-corrected chi connectivity index (χ2v) is 5.82. The van der Waals surface area contributed by atoms with Crippen LogP contribution in [0.25, 0.3) is 0 Å². The van der Waals surface area contributed by atoms with E-state index in [0.29, 0.717) is 5.76 Å². The molecule has 1 heterocycles. The van der Waals surface area contributed by atoms with Crippen molar-refractivity contribution in [3.8, 4) is 0 Å². The molecule has 0 radical (unpaired) electrons. The fourth-order valence-corrected chi connectivity index (χ4v) is 1.83. The Morgan fingerprint density at radius 3 is 2.42 bits per heavy atom. The highest BCUT2D eigenvalue weighted by Crippen LogP contribution is 2.22. The molecular formula is C16H19NO2. The van der Waals surface area contributed by atoms with Crippen molar-refractivity contribution in [2.24, 2.45) is 5.41 Å². The molecule has 0 aliphatic heterocycles. The monoisotopic (exact) mass is 257 g/mol. The first-order valence-electron chi connectivity index (χ1n) is 6.39. The summed E-state index contributed by atoms with van der Waals surface area (Å²) < 4.78 is 5.58. The van der Waals surface area contributed by atoms with Gasteiger partial charge in [0.25, 0.3) is 5.91 Å². The van der Waals surface area contributed by atoms with Crippen molar-refractivity contribution in [1.82, 2.24) is 0 Å². The maximum atomic E-state index is 12.0. The minimum Gasteiger partial charge on any atom is -0.456 e. The Morgan fingerprint density at radius 1 is 1.11 bits per heavy atom. The van der Waals surface area contributed by atoms with Crippen LogP contribution in [0.2, 0.25) is 0 Å². The van der Waals surface area contributed by atoms with Gasteiger partial charge in [-0.25, -0.2) is 0 Å². The highest BCUT2D eigenvalue weighted by molar-refractivity contribution is 6.02. The number of anilines is 1. The summed E-state index contributed by atoms with van der Waals surface area (Å²) in [5, 5.41) is 2.80. The normalized spacial score (nSPS) is 11.3. The minimum atomic E-state index is -0.216. The number of rotatable bonds is 3. The lowest BCUT2D eigenvalue weighted by molar-refractivity contribution is 0.0994. The smallest absolute Gasteiger partial charge is 0.291 e. The third kappa shape index (κ3) is 3.98. The van der Waals surface area contributed by atoms with Crippen LogP contribution in [0.3, 0.4) is 0 Å². The second-order valence-electron chi connectivity index (χ2n) is 5.82. The van der Waals surface area contributed by atoms with Gasteiger partial charge in [0.15, 0.2) is 5.76 Å². The molecule has 0 aliphatic rings. The predicted octanol–water partition coefficient (Wildman–Crippen LogP) is 4.12. The minimum absolute atomic E-state index is 0.144. The molecule has 0 unspecified atom stereocenters. The summed E-state index contributed by atoms with van der Waals surface area (Å²) >= 11 is 0. The summed E-state index contributed by atoms with van der Waals surface area (Å²) in [5.74, 6) is 0.972. The Kier molecular flexibility index (Phi) is 3.74. The van der Waals surface area contributed by atoms with Gasteiger partial charge in [0, 0.05) is 12.1 Å². The molecule has 0 saturated carbocycles. The van der Waals surface area contributed by atoms with E-state index in [9.17, 15) is 4.79 Å². The number of hydrogen-bond donors (Lipinski definition) is 1. The van der Waals surface area contributed by atoms with E-state index in [2.05, 4.69) is 26.1 Å².